The van der Waals surface area contributed by atoms with Crippen molar-refractivity contribution in [2.24, 2.45) is 11.0 Å². The van der Waals surface area contributed by atoms with Gasteiger partial charge in [-0.15, -0.1) is 0 Å². The second-order valence-corrected chi connectivity index (χ2v) is 8.86. The number of rotatable bonds is 4. The Balaban J connectivity index is 1.29. The van der Waals surface area contributed by atoms with Crippen LogP contribution in [0.25, 0.3) is 11.0 Å². The Hall–Kier alpha value is -2.70. The molecule has 30 heavy (non-hydrogen) atoms. The Morgan fingerprint density at radius 1 is 1.40 bits per heavy atom. The highest BCUT2D eigenvalue weighted by atomic mass is 19.1. The smallest absolute Gasteiger partial charge is 0.252 e. The molecule has 0 bridgehead atoms. The van der Waals surface area contributed by atoms with Crippen molar-refractivity contribution in [1.82, 2.24) is 19.9 Å². The number of nitrogens with zero attached hydrogens (tertiary/aromatic N) is 4. The van der Waals surface area contributed by atoms with Gasteiger partial charge in [-0.1, -0.05) is 6.08 Å². The zero-order chi connectivity index (χ0) is 20.7. The minimum atomic E-state index is -1.11. The molecule has 1 saturated heterocycles. The van der Waals surface area contributed by atoms with Crippen LogP contribution in [0, 0.1) is 5.92 Å². The van der Waals surface area contributed by atoms with E-state index in [1.54, 1.807) is 0 Å². The molecule has 1 aliphatic carbocycles. The second kappa shape index (κ2) is 7.85. The van der Waals surface area contributed by atoms with Gasteiger partial charge in [-0.05, 0) is 56.2 Å². The molecule has 4 heterocycles. The van der Waals surface area contributed by atoms with Crippen LogP contribution in [-0.4, -0.2) is 51.9 Å². The van der Waals surface area contributed by atoms with Crippen LogP contribution in [-0.2, 0) is 11.3 Å². The first-order chi connectivity index (χ1) is 14.6. The molecule has 158 valence electrons. The van der Waals surface area contributed by atoms with Crippen LogP contribution in [0.1, 0.15) is 44.1 Å². The summed E-state index contributed by atoms with van der Waals surface area (Å²) in [4.78, 5) is 19.5. The van der Waals surface area contributed by atoms with E-state index >= 15 is 0 Å². The zero-order valence-corrected chi connectivity index (χ0v) is 17.3. The SMILES string of the molecule is C[C@H]1C[C@@H](Cn2ccc3cc(C4C=NNC4)cnc32)CN1C(=O)C1=CCCCC1F. The number of likely N-dealkylation sites (tertiary alicyclic amines) is 1. The fourth-order valence-electron chi connectivity index (χ4n) is 5.06. The molecule has 0 radical (unpaired) electrons. The first-order valence-electron chi connectivity index (χ1n) is 11.0. The molecule has 5 rings (SSSR count). The van der Waals surface area contributed by atoms with E-state index in [2.05, 4.69) is 40.3 Å². The third-order valence-electron chi connectivity index (χ3n) is 6.69. The summed E-state index contributed by atoms with van der Waals surface area (Å²) in [6, 6.07) is 4.42. The maximum Gasteiger partial charge on any atom is 0.252 e. The van der Waals surface area contributed by atoms with Gasteiger partial charge in [0.1, 0.15) is 11.8 Å². The summed E-state index contributed by atoms with van der Waals surface area (Å²) in [7, 11) is 0. The van der Waals surface area contributed by atoms with Crippen molar-refractivity contribution in [2.45, 2.75) is 57.3 Å². The van der Waals surface area contributed by atoms with Gasteiger partial charge in [0.25, 0.3) is 5.91 Å². The standard InChI is InChI=1S/C23H28FN5O/c1-15-8-16(14-29(15)23(30)20-4-2-3-5-21(20)24)13-28-7-6-17-9-18(10-25-22(17)28)19-11-26-27-12-19/h4,6-7,9-11,15-16,19,21,27H,2-3,5,8,12-14H2,1H3/t15-,16-,19?,21?/m0/s1. The lowest BCUT2D eigenvalue weighted by Crippen LogP contribution is -2.38. The number of allylic oxidation sites excluding steroid dienone is 1. The van der Waals surface area contributed by atoms with Crippen molar-refractivity contribution >= 4 is 23.2 Å². The van der Waals surface area contributed by atoms with E-state index in [1.807, 2.05) is 23.4 Å². The molecule has 0 saturated carbocycles. The van der Waals surface area contributed by atoms with Crippen LogP contribution in [0.4, 0.5) is 4.39 Å². The van der Waals surface area contributed by atoms with Crippen molar-refractivity contribution in [1.29, 1.82) is 0 Å². The largest absolute Gasteiger partial charge is 0.336 e. The minimum absolute atomic E-state index is 0.107. The highest BCUT2D eigenvalue weighted by molar-refractivity contribution is 5.95. The van der Waals surface area contributed by atoms with E-state index in [9.17, 15) is 9.18 Å². The Morgan fingerprint density at radius 2 is 2.30 bits per heavy atom. The normalized spacial score (nSPS) is 28.7. The van der Waals surface area contributed by atoms with E-state index in [4.69, 9.17) is 4.98 Å². The van der Waals surface area contributed by atoms with Crippen molar-refractivity contribution in [2.75, 3.05) is 13.1 Å². The molecule has 2 aliphatic heterocycles. The van der Waals surface area contributed by atoms with Gasteiger partial charge in [-0.25, -0.2) is 9.37 Å². The van der Waals surface area contributed by atoms with Crippen molar-refractivity contribution < 1.29 is 9.18 Å². The Kier molecular flexibility index (Phi) is 5.05. The van der Waals surface area contributed by atoms with Gasteiger partial charge < -0.3 is 14.9 Å². The second-order valence-electron chi connectivity index (χ2n) is 8.86. The van der Waals surface area contributed by atoms with E-state index in [0.717, 1.165) is 43.4 Å². The van der Waals surface area contributed by atoms with E-state index in [1.165, 1.54) is 5.56 Å². The molecule has 2 aromatic rings. The summed E-state index contributed by atoms with van der Waals surface area (Å²) >= 11 is 0. The number of hydrazone groups is 1. The number of alkyl halides is 1. The highest BCUT2D eigenvalue weighted by Gasteiger charge is 2.36. The van der Waals surface area contributed by atoms with Crippen LogP contribution in [0.5, 0.6) is 0 Å². The number of hydrogen-bond donors (Lipinski definition) is 1. The number of carbonyl (C=O) groups is 1. The average molecular weight is 410 g/mol. The molecular weight excluding hydrogens is 381 g/mol. The number of aromatic nitrogens is 2. The third kappa shape index (κ3) is 3.50. The summed E-state index contributed by atoms with van der Waals surface area (Å²) in [5.74, 6) is 0.507. The van der Waals surface area contributed by atoms with Gasteiger partial charge >= 0.3 is 0 Å². The van der Waals surface area contributed by atoms with E-state index in [0.29, 0.717) is 24.5 Å². The van der Waals surface area contributed by atoms with Crippen molar-refractivity contribution in [3.05, 3.63) is 41.7 Å². The predicted octanol–water partition coefficient (Wildman–Crippen LogP) is 3.39. The van der Waals surface area contributed by atoms with Gasteiger partial charge in [0, 0.05) is 61.2 Å². The van der Waals surface area contributed by atoms with Crippen LogP contribution in [0.15, 0.2) is 41.3 Å². The van der Waals surface area contributed by atoms with Gasteiger partial charge in [0.2, 0.25) is 0 Å². The Bertz CT molecular complexity index is 1010. The summed E-state index contributed by atoms with van der Waals surface area (Å²) < 4.78 is 16.4. The average Bonchev–Trinajstić information content (AvgIpc) is 3.48. The Morgan fingerprint density at radius 3 is 3.10 bits per heavy atom. The molecule has 4 atom stereocenters. The molecule has 7 heteroatoms. The highest BCUT2D eigenvalue weighted by Crippen LogP contribution is 2.31. The summed E-state index contributed by atoms with van der Waals surface area (Å²) in [5, 5.41) is 5.22. The lowest BCUT2D eigenvalue weighted by atomic mass is 9.96. The maximum atomic E-state index is 14.3. The molecule has 6 nitrogen and oxygen atoms in total. The van der Waals surface area contributed by atoms with Gasteiger partial charge in [0.15, 0.2) is 0 Å². The number of pyridine rings is 1. The lowest BCUT2D eigenvalue weighted by molar-refractivity contribution is -0.128. The molecule has 2 unspecified atom stereocenters. The molecule has 1 fully saturated rings. The number of amides is 1. The fourth-order valence-corrected chi connectivity index (χ4v) is 5.06. The van der Waals surface area contributed by atoms with E-state index in [-0.39, 0.29) is 17.9 Å². The quantitative estimate of drug-likeness (QED) is 0.842. The first kappa shape index (κ1) is 19.3. The number of halogens is 1. The zero-order valence-electron chi connectivity index (χ0n) is 17.3. The summed E-state index contributed by atoms with van der Waals surface area (Å²) in [5.41, 5.74) is 5.51. The van der Waals surface area contributed by atoms with Crippen molar-refractivity contribution in [3.8, 4) is 0 Å². The van der Waals surface area contributed by atoms with Crippen LogP contribution in [0.2, 0.25) is 0 Å². The molecule has 1 amide bonds. The first-order valence-corrected chi connectivity index (χ1v) is 11.0. The number of nitrogens with one attached hydrogen (secondary N) is 1. The fraction of sp³-hybridized carbons (Fsp3) is 0.522. The molecule has 3 aliphatic rings. The summed E-state index contributed by atoms with van der Waals surface area (Å²) in [6.07, 6.45) is 9.67. The van der Waals surface area contributed by atoms with Crippen LogP contribution >= 0.6 is 0 Å². The number of fused-ring (bicyclic) bond motifs is 1. The third-order valence-corrected chi connectivity index (χ3v) is 6.69. The maximum absolute atomic E-state index is 14.3. The molecule has 1 N–H and O–H groups in total. The van der Waals surface area contributed by atoms with Crippen LogP contribution in [0.3, 0.4) is 0 Å². The lowest BCUT2D eigenvalue weighted by Gasteiger charge is -2.26. The number of carbonyl (C=O) groups excluding carboxylic acids is 1. The minimum Gasteiger partial charge on any atom is -0.336 e. The topological polar surface area (TPSA) is 62.5 Å². The number of hydrogen-bond acceptors (Lipinski definition) is 4. The van der Waals surface area contributed by atoms with Crippen LogP contribution < -0.4 is 5.43 Å². The molecule has 0 spiro atoms. The van der Waals surface area contributed by atoms with E-state index < -0.39 is 6.17 Å². The van der Waals surface area contributed by atoms with Gasteiger partial charge in [0.05, 0.1) is 0 Å². The molecular formula is C23H28FN5O. The predicted molar refractivity (Wildman–Crippen MR) is 115 cm³/mol. The molecule has 0 aromatic carbocycles. The molecule has 2 aromatic heterocycles. The van der Waals surface area contributed by atoms with Gasteiger partial charge in [-0.3, -0.25) is 4.79 Å². The van der Waals surface area contributed by atoms with Gasteiger partial charge in [-0.2, -0.15) is 5.10 Å². The monoisotopic (exact) mass is 409 g/mol. The Labute approximate surface area is 175 Å². The summed E-state index contributed by atoms with van der Waals surface area (Å²) in [6.45, 7) is 4.37. The van der Waals surface area contributed by atoms with Crippen molar-refractivity contribution in [3.63, 3.8) is 0 Å².